The fraction of sp³-hybridized carbons (Fsp3) is 0.571. The first-order valence-electron chi connectivity index (χ1n) is 9.77. The topological polar surface area (TPSA) is 42.3 Å². The predicted molar refractivity (Wildman–Crippen MR) is 105 cm³/mol. The number of morpholine rings is 1. The van der Waals surface area contributed by atoms with Gasteiger partial charge in [-0.15, -0.1) is 0 Å². The van der Waals surface area contributed by atoms with Crippen LogP contribution in [0.25, 0.3) is 0 Å². The molecule has 1 atom stereocenters. The van der Waals surface area contributed by atoms with Crippen LogP contribution in [-0.2, 0) is 24.4 Å². The Kier molecular flexibility index (Phi) is 6.83. The minimum atomic E-state index is 0.393. The Labute approximate surface area is 157 Å². The van der Waals surface area contributed by atoms with Crippen LogP contribution in [0.5, 0.6) is 0 Å². The van der Waals surface area contributed by atoms with Gasteiger partial charge in [-0.2, -0.15) is 5.10 Å². The van der Waals surface area contributed by atoms with Gasteiger partial charge in [-0.25, -0.2) is 0 Å². The van der Waals surface area contributed by atoms with Crippen molar-refractivity contribution >= 4 is 0 Å². The first-order chi connectivity index (χ1) is 12.7. The van der Waals surface area contributed by atoms with Crippen molar-refractivity contribution in [3.8, 4) is 0 Å². The highest BCUT2D eigenvalue weighted by molar-refractivity contribution is 5.25. The lowest BCUT2D eigenvalue weighted by atomic mass is 10.1. The molecule has 1 saturated heterocycles. The quantitative estimate of drug-likeness (QED) is 0.790. The summed E-state index contributed by atoms with van der Waals surface area (Å²) in [6, 6.07) is 8.53. The third-order valence-corrected chi connectivity index (χ3v) is 5.26. The van der Waals surface area contributed by atoms with Crippen LogP contribution in [0, 0.1) is 13.8 Å². The van der Waals surface area contributed by atoms with E-state index >= 15 is 0 Å². The van der Waals surface area contributed by atoms with Crippen LogP contribution in [0.15, 0.2) is 30.5 Å². The minimum absolute atomic E-state index is 0.393. The van der Waals surface area contributed by atoms with Gasteiger partial charge in [-0.3, -0.25) is 9.58 Å². The molecule has 1 aliphatic heterocycles. The van der Waals surface area contributed by atoms with Gasteiger partial charge in [0.25, 0.3) is 0 Å². The third kappa shape index (κ3) is 5.16. The van der Waals surface area contributed by atoms with Crippen molar-refractivity contribution in [3.05, 3.63) is 52.8 Å². The van der Waals surface area contributed by atoms with Gasteiger partial charge >= 0.3 is 0 Å². The second kappa shape index (κ2) is 9.31. The molecule has 142 valence electrons. The maximum absolute atomic E-state index is 5.75. The van der Waals surface area contributed by atoms with E-state index in [2.05, 4.69) is 66.1 Å². The summed E-state index contributed by atoms with van der Waals surface area (Å²) in [7, 11) is 0. The molecule has 5 nitrogen and oxygen atoms in total. The molecule has 0 aliphatic carbocycles. The van der Waals surface area contributed by atoms with E-state index in [1.807, 2.05) is 0 Å². The Hall–Kier alpha value is -1.69. The number of hydrogen-bond donors (Lipinski definition) is 1. The molecule has 1 aromatic carbocycles. The molecular weight excluding hydrogens is 324 g/mol. The largest absolute Gasteiger partial charge is 0.376 e. The van der Waals surface area contributed by atoms with Gasteiger partial charge < -0.3 is 10.1 Å². The van der Waals surface area contributed by atoms with E-state index in [1.165, 1.54) is 16.7 Å². The fourth-order valence-corrected chi connectivity index (χ4v) is 3.46. The number of rotatable bonds is 8. The van der Waals surface area contributed by atoms with Gasteiger partial charge in [0.2, 0.25) is 0 Å². The molecule has 2 aromatic rings. The highest BCUT2D eigenvalue weighted by Crippen LogP contribution is 2.11. The molecule has 5 heteroatoms. The molecule has 1 aromatic heterocycles. The molecule has 3 rings (SSSR count). The van der Waals surface area contributed by atoms with Gasteiger partial charge in [-0.1, -0.05) is 31.2 Å². The maximum atomic E-state index is 5.75. The standard InChI is InChI=1S/C21H32N4O/c1-4-21-16-24(11-12-26-21)9-10-25-15-20(18(3)23-25)14-22-13-19-8-6-5-7-17(19)2/h5-8,15,21-22H,4,9-14,16H2,1-3H3. The zero-order valence-corrected chi connectivity index (χ0v) is 16.4. The highest BCUT2D eigenvalue weighted by Gasteiger charge is 2.18. The second-order valence-corrected chi connectivity index (χ2v) is 7.23. The van der Waals surface area contributed by atoms with E-state index in [1.54, 1.807) is 0 Å². The smallest absolute Gasteiger partial charge is 0.0700 e. The monoisotopic (exact) mass is 356 g/mol. The molecule has 1 aliphatic rings. The number of ether oxygens (including phenoxy) is 1. The van der Waals surface area contributed by atoms with Crippen LogP contribution >= 0.6 is 0 Å². The SMILES string of the molecule is CCC1CN(CCn2cc(CNCc3ccccc3C)c(C)n2)CCO1. The van der Waals surface area contributed by atoms with Crippen molar-refractivity contribution < 1.29 is 4.74 Å². The van der Waals surface area contributed by atoms with E-state index < -0.39 is 0 Å². The van der Waals surface area contributed by atoms with Crippen LogP contribution in [0.4, 0.5) is 0 Å². The molecular formula is C21H32N4O. The number of nitrogens with one attached hydrogen (secondary N) is 1. The Morgan fingerprint density at radius 1 is 1.15 bits per heavy atom. The summed E-state index contributed by atoms with van der Waals surface area (Å²) >= 11 is 0. The Morgan fingerprint density at radius 2 is 1.96 bits per heavy atom. The summed E-state index contributed by atoms with van der Waals surface area (Å²) in [4.78, 5) is 2.49. The number of aryl methyl sites for hydroxylation is 2. The number of aromatic nitrogens is 2. The molecule has 0 saturated carbocycles. The van der Waals surface area contributed by atoms with Crippen molar-refractivity contribution in [1.82, 2.24) is 20.0 Å². The number of benzene rings is 1. The maximum Gasteiger partial charge on any atom is 0.0700 e. The summed E-state index contributed by atoms with van der Waals surface area (Å²) in [5, 5.41) is 8.25. The molecule has 0 amide bonds. The molecule has 0 radical (unpaired) electrons. The van der Waals surface area contributed by atoms with Crippen LogP contribution < -0.4 is 5.32 Å². The van der Waals surface area contributed by atoms with Crippen LogP contribution in [0.1, 0.15) is 35.7 Å². The van der Waals surface area contributed by atoms with Crippen molar-refractivity contribution in [2.24, 2.45) is 0 Å². The van der Waals surface area contributed by atoms with E-state index in [-0.39, 0.29) is 0 Å². The van der Waals surface area contributed by atoms with Gasteiger partial charge in [0, 0.05) is 44.5 Å². The summed E-state index contributed by atoms with van der Waals surface area (Å²) in [5.41, 5.74) is 5.10. The van der Waals surface area contributed by atoms with Crippen LogP contribution in [0.2, 0.25) is 0 Å². The second-order valence-electron chi connectivity index (χ2n) is 7.23. The van der Waals surface area contributed by atoms with Crippen LogP contribution in [0.3, 0.4) is 0 Å². The lowest BCUT2D eigenvalue weighted by molar-refractivity contribution is -0.0306. The Morgan fingerprint density at radius 3 is 2.77 bits per heavy atom. The fourth-order valence-electron chi connectivity index (χ4n) is 3.46. The van der Waals surface area contributed by atoms with Crippen molar-refractivity contribution in [1.29, 1.82) is 0 Å². The highest BCUT2D eigenvalue weighted by atomic mass is 16.5. The zero-order valence-electron chi connectivity index (χ0n) is 16.4. The average molecular weight is 357 g/mol. The average Bonchev–Trinajstić information content (AvgIpc) is 3.01. The molecule has 26 heavy (non-hydrogen) atoms. The Balaban J connectivity index is 1.47. The zero-order chi connectivity index (χ0) is 18.4. The predicted octanol–water partition coefficient (Wildman–Crippen LogP) is 2.90. The van der Waals surface area contributed by atoms with Gasteiger partial charge in [0.05, 0.1) is 24.9 Å². The Bertz CT molecular complexity index is 697. The molecule has 1 N–H and O–H groups in total. The van der Waals surface area contributed by atoms with Gasteiger partial charge in [0.1, 0.15) is 0 Å². The summed E-state index contributed by atoms with van der Waals surface area (Å²) in [5.74, 6) is 0. The van der Waals surface area contributed by atoms with E-state index in [0.717, 1.165) is 58.0 Å². The molecule has 2 heterocycles. The van der Waals surface area contributed by atoms with Crippen LogP contribution in [-0.4, -0.2) is 47.0 Å². The molecule has 1 unspecified atom stereocenters. The number of hydrogen-bond acceptors (Lipinski definition) is 4. The first kappa shape index (κ1) is 19.1. The van der Waals surface area contributed by atoms with Crippen molar-refractivity contribution in [2.45, 2.75) is 52.9 Å². The third-order valence-electron chi connectivity index (χ3n) is 5.26. The van der Waals surface area contributed by atoms with Crippen molar-refractivity contribution in [2.75, 3.05) is 26.2 Å². The lowest BCUT2D eigenvalue weighted by Crippen LogP contribution is -2.43. The van der Waals surface area contributed by atoms with E-state index in [9.17, 15) is 0 Å². The minimum Gasteiger partial charge on any atom is -0.376 e. The van der Waals surface area contributed by atoms with Gasteiger partial charge in [0.15, 0.2) is 0 Å². The molecule has 1 fully saturated rings. The van der Waals surface area contributed by atoms with E-state index in [4.69, 9.17) is 9.84 Å². The number of nitrogens with zero attached hydrogens (tertiary/aromatic N) is 3. The summed E-state index contributed by atoms with van der Waals surface area (Å²) in [6.07, 6.45) is 3.68. The molecule has 0 spiro atoms. The van der Waals surface area contributed by atoms with Crippen molar-refractivity contribution in [3.63, 3.8) is 0 Å². The van der Waals surface area contributed by atoms with E-state index in [0.29, 0.717) is 6.10 Å². The first-order valence-corrected chi connectivity index (χ1v) is 9.77. The normalized spacial score (nSPS) is 18.3. The molecule has 0 bridgehead atoms. The lowest BCUT2D eigenvalue weighted by Gasteiger charge is -2.32. The van der Waals surface area contributed by atoms with Gasteiger partial charge in [-0.05, 0) is 31.4 Å². The summed E-state index contributed by atoms with van der Waals surface area (Å²) < 4.78 is 7.84. The summed E-state index contributed by atoms with van der Waals surface area (Å²) in [6.45, 7) is 13.1.